The normalized spacial score (nSPS) is 13.5. The van der Waals surface area contributed by atoms with Crippen LogP contribution in [-0.2, 0) is 11.2 Å². The molecule has 0 bridgehead atoms. The third-order valence-corrected chi connectivity index (χ3v) is 3.94. The number of hydrogen-bond donors (Lipinski definition) is 2. The van der Waals surface area contributed by atoms with Crippen molar-refractivity contribution >= 4 is 28.5 Å². The molecule has 0 radical (unpaired) electrons. The Kier molecular flexibility index (Phi) is 3.08. The van der Waals surface area contributed by atoms with Gasteiger partial charge in [-0.15, -0.1) is 0 Å². The van der Waals surface area contributed by atoms with Gasteiger partial charge in [0.1, 0.15) is 6.33 Å². The van der Waals surface area contributed by atoms with E-state index in [1.165, 1.54) is 0 Å². The standard InChI is InChI=1S/C17H14N4O2/c22-16-8-6-11-9-12(5-7-13(11)19-16)17(23)20-21-10-18-14-3-1-2-4-15(14)21/h1-5,7,9-10H,6,8H2,(H,19,22)(H,20,23). The molecule has 0 saturated carbocycles. The van der Waals surface area contributed by atoms with Gasteiger partial charge >= 0.3 is 0 Å². The SMILES string of the molecule is O=C1CCc2cc(C(=O)Nn3cnc4ccccc43)ccc2N1. The third-order valence-electron chi connectivity index (χ3n) is 3.94. The number of nitrogens with one attached hydrogen (secondary N) is 2. The van der Waals surface area contributed by atoms with Crippen molar-refractivity contribution < 1.29 is 9.59 Å². The first-order valence-corrected chi connectivity index (χ1v) is 7.37. The molecule has 3 aromatic rings. The maximum atomic E-state index is 12.5. The summed E-state index contributed by atoms with van der Waals surface area (Å²) < 4.78 is 1.61. The highest BCUT2D eigenvalue weighted by Gasteiger charge is 2.17. The Balaban J connectivity index is 1.61. The van der Waals surface area contributed by atoms with Crippen molar-refractivity contribution in [2.75, 3.05) is 10.7 Å². The van der Waals surface area contributed by atoms with Gasteiger partial charge in [-0.25, -0.2) is 9.66 Å². The summed E-state index contributed by atoms with van der Waals surface area (Å²) in [5, 5.41) is 2.81. The first-order chi connectivity index (χ1) is 11.2. The van der Waals surface area contributed by atoms with Crippen LogP contribution in [0, 0.1) is 0 Å². The van der Waals surface area contributed by atoms with E-state index in [2.05, 4.69) is 15.7 Å². The smallest absolute Gasteiger partial charge is 0.270 e. The Morgan fingerprint density at radius 3 is 2.96 bits per heavy atom. The molecule has 4 rings (SSSR count). The lowest BCUT2D eigenvalue weighted by atomic mass is 10.0. The number of anilines is 1. The molecule has 1 aromatic heterocycles. The van der Waals surface area contributed by atoms with E-state index in [1.54, 1.807) is 23.1 Å². The topological polar surface area (TPSA) is 76.0 Å². The van der Waals surface area contributed by atoms with Crippen molar-refractivity contribution in [1.29, 1.82) is 0 Å². The van der Waals surface area contributed by atoms with E-state index in [0.717, 1.165) is 22.3 Å². The molecular formula is C17H14N4O2. The van der Waals surface area contributed by atoms with Gasteiger partial charge < -0.3 is 5.32 Å². The van der Waals surface area contributed by atoms with Gasteiger partial charge in [0.15, 0.2) is 0 Å². The second kappa shape index (κ2) is 5.24. The number of fused-ring (bicyclic) bond motifs is 2. The van der Waals surface area contributed by atoms with Crippen LogP contribution in [0.25, 0.3) is 11.0 Å². The molecule has 114 valence electrons. The molecule has 0 fully saturated rings. The molecule has 6 heteroatoms. The molecule has 2 amide bonds. The number of carbonyl (C=O) groups excluding carboxylic acids is 2. The zero-order chi connectivity index (χ0) is 15.8. The molecule has 2 heterocycles. The van der Waals surface area contributed by atoms with Gasteiger partial charge in [-0.05, 0) is 42.3 Å². The van der Waals surface area contributed by atoms with Crippen LogP contribution in [0.2, 0.25) is 0 Å². The average Bonchev–Trinajstić information content (AvgIpc) is 2.97. The van der Waals surface area contributed by atoms with E-state index in [9.17, 15) is 9.59 Å². The number of para-hydroxylation sites is 2. The maximum absolute atomic E-state index is 12.5. The summed E-state index contributed by atoms with van der Waals surface area (Å²) in [6.07, 6.45) is 2.68. The Hall–Kier alpha value is -3.15. The fourth-order valence-electron chi connectivity index (χ4n) is 2.75. The number of nitrogens with zero attached hydrogens (tertiary/aromatic N) is 2. The van der Waals surface area contributed by atoms with Crippen molar-refractivity contribution in [2.45, 2.75) is 12.8 Å². The van der Waals surface area contributed by atoms with Crippen LogP contribution in [-0.4, -0.2) is 21.5 Å². The van der Waals surface area contributed by atoms with Crippen molar-refractivity contribution in [3.8, 4) is 0 Å². The second-order valence-corrected chi connectivity index (χ2v) is 5.46. The van der Waals surface area contributed by atoms with E-state index in [-0.39, 0.29) is 11.8 Å². The zero-order valence-electron chi connectivity index (χ0n) is 12.2. The predicted octanol–water partition coefficient (Wildman–Crippen LogP) is 2.30. The van der Waals surface area contributed by atoms with Crippen LogP contribution >= 0.6 is 0 Å². The molecule has 0 aliphatic carbocycles. The molecule has 1 aliphatic rings. The number of amides is 2. The summed E-state index contributed by atoms with van der Waals surface area (Å²) in [5.41, 5.74) is 6.80. The van der Waals surface area contributed by atoms with E-state index in [0.29, 0.717) is 18.4 Å². The number of aryl methyl sites for hydroxylation is 1. The van der Waals surface area contributed by atoms with Crippen LogP contribution in [0.5, 0.6) is 0 Å². The lowest BCUT2D eigenvalue weighted by Crippen LogP contribution is -2.23. The van der Waals surface area contributed by atoms with E-state index < -0.39 is 0 Å². The highest BCUT2D eigenvalue weighted by atomic mass is 16.2. The molecule has 2 N–H and O–H groups in total. The van der Waals surface area contributed by atoms with E-state index in [1.807, 2.05) is 30.3 Å². The van der Waals surface area contributed by atoms with Crippen LogP contribution in [0.1, 0.15) is 22.3 Å². The maximum Gasteiger partial charge on any atom is 0.270 e. The number of aromatic nitrogens is 2. The fraction of sp³-hybridized carbons (Fsp3) is 0.118. The Labute approximate surface area is 132 Å². The highest BCUT2D eigenvalue weighted by Crippen LogP contribution is 2.23. The molecule has 6 nitrogen and oxygen atoms in total. The van der Waals surface area contributed by atoms with Gasteiger partial charge in [-0.3, -0.25) is 15.0 Å². The lowest BCUT2D eigenvalue weighted by Gasteiger charge is -2.17. The molecule has 0 unspecified atom stereocenters. The summed E-state index contributed by atoms with van der Waals surface area (Å²) in [4.78, 5) is 28.1. The molecule has 23 heavy (non-hydrogen) atoms. The fourth-order valence-corrected chi connectivity index (χ4v) is 2.75. The molecule has 0 saturated heterocycles. The number of hydrogen-bond acceptors (Lipinski definition) is 3. The van der Waals surface area contributed by atoms with Gasteiger partial charge in [-0.1, -0.05) is 12.1 Å². The van der Waals surface area contributed by atoms with E-state index in [4.69, 9.17) is 0 Å². The number of rotatable bonds is 2. The Bertz CT molecular complexity index is 929. The van der Waals surface area contributed by atoms with Gasteiger partial charge in [-0.2, -0.15) is 0 Å². The van der Waals surface area contributed by atoms with Crippen molar-refractivity contribution in [2.24, 2.45) is 0 Å². The summed E-state index contributed by atoms with van der Waals surface area (Å²) in [6.45, 7) is 0. The highest BCUT2D eigenvalue weighted by molar-refractivity contribution is 6.02. The van der Waals surface area contributed by atoms with Gasteiger partial charge in [0.2, 0.25) is 5.91 Å². The average molecular weight is 306 g/mol. The van der Waals surface area contributed by atoms with Crippen molar-refractivity contribution in [3.63, 3.8) is 0 Å². The predicted molar refractivity (Wildman–Crippen MR) is 86.8 cm³/mol. The summed E-state index contributed by atoms with van der Waals surface area (Å²) in [5.74, 6) is -0.201. The first-order valence-electron chi connectivity index (χ1n) is 7.37. The van der Waals surface area contributed by atoms with Gasteiger partial charge in [0.05, 0.1) is 11.0 Å². The zero-order valence-corrected chi connectivity index (χ0v) is 12.2. The molecule has 1 aliphatic heterocycles. The number of carbonyl (C=O) groups is 2. The summed E-state index contributed by atoms with van der Waals surface area (Å²) in [6, 6.07) is 12.9. The van der Waals surface area contributed by atoms with Gasteiger partial charge in [0.25, 0.3) is 5.91 Å². The van der Waals surface area contributed by atoms with Crippen LogP contribution in [0.15, 0.2) is 48.8 Å². The largest absolute Gasteiger partial charge is 0.326 e. The summed E-state index contributed by atoms with van der Waals surface area (Å²) >= 11 is 0. The second-order valence-electron chi connectivity index (χ2n) is 5.46. The van der Waals surface area contributed by atoms with Crippen LogP contribution in [0.4, 0.5) is 5.69 Å². The third kappa shape index (κ3) is 2.44. The molecule has 2 aromatic carbocycles. The Morgan fingerprint density at radius 1 is 1.17 bits per heavy atom. The van der Waals surface area contributed by atoms with Crippen LogP contribution < -0.4 is 10.7 Å². The number of imidazole rings is 1. The van der Waals surface area contributed by atoms with Crippen molar-refractivity contribution in [3.05, 3.63) is 59.9 Å². The van der Waals surface area contributed by atoms with Crippen LogP contribution in [0.3, 0.4) is 0 Å². The quantitative estimate of drug-likeness (QED) is 0.763. The minimum Gasteiger partial charge on any atom is -0.326 e. The minimum atomic E-state index is -0.215. The monoisotopic (exact) mass is 306 g/mol. The Morgan fingerprint density at radius 2 is 2.04 bits per heavy atom. The molecular weight excluding hydrogens is 292 g/mol. The lowest BCUT2D eigenvalue weighted by molar-refractivity contribution is -0.116. The molecule has 0 spiro atoms. The van der Waals surface area contributed by atoms with E-state index >= 15 is 0 Å². The summed E-state index contributed by atoms with van der Waals surface area (Å²) in [7, 11) is 0. The first kappa shape index (κ1) is 13.5. The van der Waals surface area contributed by atoms with Gasteiger partial charge in [0, 0.05) is 17.7 Å². The molecule has 0 atom stereocenters. The minimum absolute atomic E-state index is 0.0135. The number of benzene rings is 2. The van der Waals surface area contributed by atoms with Crippen molar-refractivity contribution in [1.82, 2.24) is 9.66 Å².